The Bertz CT molecular complexity index is 229. The molecule has 0 N–H and O–H groups in total. The quantitative estimate of drug-likeness (QED) is 0.588. The maximum Gasteiger partial charge on any atom is 0.135 e. The van der Waals surface area contributed by atoms with Crippen LogP contribution in [0.25, 0.3) is 0 Å². The summed E-state index contributed by atoms with van der Waals surface area (Å²) in [6.45, 7) is 1.09. The van der Waals surface area contributed by atoms with Crippen LogP contribution in [0.4, 0.5) is 10.1 Å². The van der Waals surface area contributed by atoms with Crippen LogP contribution in [0.5, 0.6) is 0 Å². The lowest BCUT2D eigenvalue weighted by Gasteiger charge is -2.36. The molecule has 0 aromatic heterocycles. The van der Waals surface area contributed by atoms with E-state index in [9.17, 15) is 4.39 Å². The zero-order chi connectivity index (χ0) is 7.68. The van der Waals surface area contributed by atoms with E-state index in [-0.39, 0.29) is 0 Å². The molecule has 0 aliphatic carbocycles. The van der Waals surface area contributed by atoms with Gasteiger partial charge in [0.25, 0.3) is 0 Å². The van der Waals surface area contributed by atoms with Gasteiger partial charge in [0.15, 0.2) is 0 Å². The van der Waals surface area contributed by atoms with Crippen LogP contribution in [0.1, 0.15) is 0 Å². The van der Waals surface area contributed by atoms with Crippen molar-refractivity contribution in [2.24, 2.45) is 0 Å². The van der Waals surface area contributed by atoms with Crippen molar-refractivity contribution in [3.05, 3.63) is 30.3 Å². The predicted molar refractivity (Wildman–Crippen MR) is 42.4 cm³/mol. The van der Waals surface area contributed by atoms with E-state index in [1.165, 1.54) is 0 Å². The molecule has 1 saturated heterocycles. The molecular weight excluding hydrogens is 141 g/mol. The van der Waals surface area contributed by atoms with Crippen LogP contribution in [-0.2, 0) is 0 Å². The van der Waals surface area contributed by atoms with Gasteiger partial charge in [0.05, 0.1) is 13.1 Å². The highest BCUT2D eigenvalue weighted by Gasteiger charge is 2.25. The Hall–Kier alpha value is -1.05. The first kappa shape index (κ1) is 6.65. The van der Waals surface area contributed by atoms with Crippen LogP contribution in [0.2, 0.25) is 0 Å². The Kier molecular flexibility index (Phi) is 1.53. The Morgan fingerprint density at radius 3 is 2.55 bits per heavy atom. The molecule has 1 aromatic carbocycles. The molecular formula is C9H9FN. The van der Waals surface area contributed by atoms with Crippen molar-refractivity contribution in [1.29, 1.82) is 0 Å². The van der Waals surface area contributed by atoms with Crippen molar-refractivity contribution in [3.8, 4) is 0 Å². The standard InChI is InChI=1S/C9H9FN/c10-8-6-11(7-8)9-4-2-1-3-5-9/h2-5,8H,6-7H2. The molecule has 1 radical (unpaired) electrons. The van der Waals surface area contributed by atoms with Gasteiger partial charge in [-0.1, -0.05) is 12.1 Å². The first-order chi connectivity index (χ1) is 5.36. The second-order valence-electron chi connectivity index (χ2n) is 2.76. The summed E-state index contributed by atoms with van der Waals surface area (Å²) in [6.07, 6.45) is -0.626. The number of rotatable bonds is 1. The molecule has 57 valence electrons. The first-order valence-corrected chi connectivity index (χ1v) is 3.71. The Morgan fingerprint density at radius 2 is 2.00 bits per heavy atom. The normalized spacial score (nSPS) is 18.1. The van der Waals surface area contributed by atoms with Crippen molar-refractivity contribution < 1.29 is 4.39 Å². The van der Waals surface area contributed by atoms with Crippen molar-refractivity contribution >= 4 is 5.69 Å². The fourth-order valence-corrected chi connectivity index (χ4v) is 1.22. The van der Waals surface area contributed by atoms with E-state index in [2.05, 4.69) is 6.07 Å². The van der Waals surface area contributed by atoms with Gasteiger partial charge in [0, 0.05) is 5.69 Å². The lowest BCUT2D eigenvalue weighted by molar-refractivity contribution is 0.275. The van der Waals surface area contributed by atoms with E-state index in [0.717, 1.165) is 5.69 Å². The molecule has 2 heteroatoms. The van der Waals surface area contributed by atoms with Crippen molar-refractivity contribution in [1.82, 2.24) is 0 Å². The monoisotopic (exact) mass is 150 g/mol. The van der Waals surface area contributed by atoms with Crippen LogP contribution in [0, 0.1) is 6.07 Å². The maximum absolute atomic E-state index is 12.4. The van der Waals surface area contributed by atoms with Crippen LogP contribution < -0.4 is 4.90 Å². The number of nitrogens with zero attached hydrogens (tertiary/aromatic N) is 1. The summed E-state index contributed by atoms with van der Waals surface area (Å²) in [4.78, 5) is 2.01. The predicted octanol–water partition coefficient (Wildman–Crippen LogP) is 1.64. The molecule has 1 nitrogen and oxygen atoms in total. The molecule has 1 fully saturated rings. The van der Waals surface area contributed by atoms with E-state index in [0.29, 0.717) is 13.1 Å². The molecule has 0 bridgehead atoms. The number of alkyl halides is 1. The third-order valence-electron chi connectivity index (χ3n) is 1.90. The minimum absolute atomic E-state index is 0.546. The summed E-state index contributed by atoms with van der Waals surface area (Å²) in [5.74, 6) is 0. The van der Waals surface area contributed by atoms with Crippen LogP contribution in [0.3, 0.4) is 0 Å². The van der Waals surface area contributed by atoms with Gasteiger partial charge in [0.2, 0.25) is 0 Å². The maximum atomic E-state index is 12.4. The van der Waals surface area contributed by atoms with Gasteiger partial charge in [-0.2, -0.15) is 0 Å². The summed E-state index contributed by atoms with van der Waals surface area (Å²) in [5.41, 5.74) is 1.10. The van der Waals surface area contributed by atoms with Gasteiger partial charge in [-0.15, -0.1) is 0 Å². The van der Waals surface area contributed by atoms with Gasteiger partial charge in [-0.25, -0.2) is 4.39 Å². The van der Waals surface area contributed by atoms with Crippen LogP contribution in [-0.4, -0.2) is 19.3 Å². The molecule has 1 aliphatic heterocycles. The molecule has 2 rings (SSSR count). The number of hydrogen-bond acceptors (Lipinski definition) is 1. The third-order valence-corrected chi connectivity index (χ3v) is 1.90. The van der Waals surface area contributed by atoms with Crippen molar-refractivity contribution in [2.45, 2.75) is 6.17 Å². The van der Waals surface area contributed by atoms with Crippen LogP contribution >= 0.6 is 0 Å². The molecule has 1 aromatic rings. The van der Waals surface area contributed by atoms with Gasteiger partial charge in [0.1, 0.15) is 6.17 Å². The zero-order valence-corrected chi connectivity index (χ0v) is 6.13. The summed E-state index contributed by atoms with van der Waals surface area (Å²) in [7, 11) is 0. The molecule has 1 aliphatic rings. The second-order valence-corrected chi connectivity index (χ2v) is 2.76. The van der Waals surface area contributed by atoms with Gasteiger partial charge in [-0.05, 0) is 18.2 Å². The smallest absolute Gasteiger partial charge is 0.135 e. The average molecular weight is 150 g/mol. The van der Waals surface area contributed by atoms with Crippen LogP contribution in [0.15, 0.2) is 24.3 Å². The lowest BCUT2D eigenvalue weighted by atomic mass is 10.1. The molecule has 0 atom stereocenters. The molecule has 0 unspecified atom stereocenters. The molecule has 0 saturated carbocycles. The summed E-state index contributed by atoms with van der Waals surface area (Å²) < 4.78 is 12.4. The number of anilines is 1. The number of benzene rings is 1. The summed E-state index contributed by atoms with van der Waals surface area (Å²) >= 11 is 0. The lowest BCUT2D eigenvalue weighted by Crippen LogP contribution is -2.48. The fraction of sp³-hybridized carbons (Fsp3) is 0.333. The summed E-state index contributed by atoms with van der Waals surface area (Å²) in [6, 6.07) is 10.5. The first-order valence-electron chi connectivity index (χ1n) is 3.71. The fourth-order valence-electron chi connectivity index (χ4n) is 1.22. The third kappa shape index (κ3) is 1.20. The zero-order valence-electron chi connectivity index (χ0n) is 6.13. The minimum Gasteiger partial charge on any atom is -0.366 e. The number of hydrogen-bond donors (Lipinski definition) is 0. The Labute approximate surface area is 65.4 Å². The number of halogens is 1. The van der Waals surface area contributed by atoms with E-state index in [4.69, 9.17) is 0 Å². The van der Waals surface area contributed by atoms with Gasteiger partial charge in [-0.3, -0.25) is 0 Å². The molecule has 0 spiro atoms. The SMILES string of the molecule is FC1CN(c2cc[c]cc2)C1. The Balaban J connectivity index is 2.08. The summed E-state index contributed by atoms with van der Waals surface area (Å²) in [5, 5.41) is 0. The molecule has 11 heavy (non-hydrogen) atoms. The largest absolute Gasteiger partial charge is 0.366 e. The Morgan fingerprint density at radius 1 is 1.36 bits per heavy atom. The van der Waals surface area contributed by atoms with E-state index < -0.39 is 6.17 Å². The molecule has 0 amide bonds. The van der Waals surface area contributed by atoms with Crippen molar-refractivity contribution in [2.75, 3.05) is 18.0 Å². The highest BCUT2D eigenvalue weighted by molar-refractivity contribution is 5.48. The minimum atomic E-state index is -0.626. The highest BCUT2D eigenvalue weighted by atomic mass is 19.1. The van der Waals surface area contributed by atoms with E-state index in [1.807, 2.05) is 29.2 Å². The topological polar surface area (TPSA) is 3.24 Å². The van der Waals surface area contributed by atoms with Crippen molar-refractivity contribution in [3.63, 3.8) is 0 Å². The highest BCUT2D eigenvalue weighted by Crippen LogP contribution is 2.21. The van der Waals surface area contributed by atoms with Gasteiger partial charge >= 0.3 is 0 Å². The van der Waals surface area contributed by atoms with E-state index in [1.54, 1.807) is 0 Å². The van der Waals surface area contributed by atoms with E-state index >= 15 is 0 Å². The average Bonchev–Trinajstić information content (AvgIpc) is 2.01. The van der Waals surface area contributed by atoms with Gasteiger partial charge < -0.3 is 4.90 Å². The second kappa shape index (κ2) is 2.53. The molecule has 1 heterocycles.